The maximum absolute atomic E-state index is 6.37. The van der Waals surface area contributed by atoms with Crippen LogP contribution in [0.5, 0.6) is 5.75 Å². The van der Waals surface area contributed by atoms with Gasteiger partial charge in [0.25, 0.3) is 0 Å². The monoisotopic (exact) mass is 246 g/mol. The summed E-state index contributed by atoms with van der Waals surface area (Å²) in [5.74, 6) is 1.08. The number of ether oxygens (including phenoxy) is 1. The highest BCUT2D eigenvalue weighted by Crippen LogP contribution is 2.32. The smallest absolute Gasteiger partial charge is 0.125 e. The molecule has 18 heavy (non-hydrogen) atoms. The van der Waals surface area contributed by atoms with Crippen LogP contribution < -0.4 is 10.1 Å². The van der Waals surface area contributed by atoms with Gasteiger partial charge in [-0.15, -0.1) is 0 Å². The molecule has 1 atom stereocenters. The zero-order valence-corrected chi connectivity index (χ0v) is 11.3. The van der Waals surface area contributed by atoms with Crippen LogP contribution in [-0.4, -0.2) is 30.6 Å². The van der Waals surface area contributed by atoms with Gasteiger partial charge in [-0.25, -0.2) is 0 Å². The molecule has 1 saturated heterocycles. The average molecular weight is 246 g/mol. The predicted molar refractivity (Wildman–Crippen MR) is 72.7 cm³/mol. The van der Waals surface area contributed by atoms with Crippen molar-refractivity contribution >= 4 is 0 Å². The maximum Gasteiger partial charge on any atom is 0.125 e. The summed E-state index contributed by atoms with van der Waals surface area (Å²) >= 11 is 0. The summed E-state index contributed by atoms with van der Waals surface area (Å²) in [4.78, 5) is 2.37. The highest BCUT2D eigenvalue weighted by atomic mass is 16.5. The molecule has 1 N–H and O–H groups in total. The van der Waals surface area contributed by atoms with Gasteiger partial charge < -0.3 is 15.0 Å². The first kappa shape index (κ1) is 12.0. The Morgan fingerprint density at radius 1 is 1.33 bits per heavy atom. The molecule has 0 amide bonds. The van der Waals surface area contributed by atoms with Gasteiger partial charge in [0.2, 0.25) is 0 Å². The topological polar surface area (TPSA) is 24.5 Å². The van der Waals surface area contributed by atoms with E-state index < -0.39 is 0 Å². The molecular weight excluding hydrogens is 224 g/mol. The number of nitrogens with one attached hydrogen (secondary N) is 1. The second-order valence-corrected chi connectivity index (χ2v) is 5.89. The first-order valence-corrected chi connectivity index (χ1v) is 6.85. The quantitative estimate of drug-likeness (QED) is 0.865. The Labute approximate surface area is 109 Å². The first-order valence-electron chi connectivity index (χ1n) is 6.85. The Hall–Kier alpha value is -1.06. The molecule has 1 fully saturated rings. The summed E-state index contributed by atoms with van der Waals surface area (Å²) in [5.41, 5.74) is 2.71. The number of nitrogens with zero attached hydrogens (tertiary/aromatic N) is 1. The van der Waals surface area contributed by atoms with Crippen LogP contribution in [0, 0.1) is 0 Å². The molecule has 1 aromatic carbocycles. The number of hydrogen-bond donors (Lipinski definition) is 1. The van der Waals surface area contributed by atoms with E-state index in [-0.39, 0.29) is 5.60 Å². The number of piperidine rings is 1. The van der Waals surface area contributed by atoms with Crippen molar-refractivity contribution in [2.75, 3.05) is 20.1 Å². The van der Waals surface area contributed by atoms with Crippen molar-refractivity contribution in [3.63, 3.8) is 0 Å². The van der Waals surface area contributed by atoms with E-state index in [1.54, 1.807) is 0 Å². The fourth-order valence-electron chi connectivity index (χ4n) is 3.20. The fourth-order valence-corrected chi connectivity index (χ4v) is 3.20. The Morgan fingerprint density at radius 2 is 2.22 bits per heavy atom. The van der Waals surface area contributed by atoms with Crippen LogP contribution in [0.4, 0.5) is 0 Å². The van der Waals surface area contributed by atoms with E-state index in [4.69, 9.17) is 4.74 Å². The van der Waals surface area contributed by atoms with Crippen LogP contribution in [0.2, 0.25) is 0 Å². The van der Waals surface area contributed by atoms with Gasteiger partial charge in [0.15, 0.2) is 0 Å². The lowest BCUT2D eigenvalue weighted by Gasteiger charge is -2.39. The molecule has 2 aliphatic heterocycles. The molecule has 2 heterocycles. The van der Waals surface area contributed by atoms with Gasteiger partial charge >= 0.3 is 0 Å². The molecule has 0 radical (unpaired) electrons. The standard InChI is InChI=1S/C15H22N2O/c1-15(7-4-8-17(2)11-15)18-14-6-3-5-12-9-16-10-13(12)14/h3,5-6,16H,4,7-11H2,1-2H3. The summed E-state index contributed by atoms with van der Waals surface area (Å²) in [6.07, 6.45) is 2.37. The molecule has 98 valence electrons. The molecule has 0 bridgehead atoms. The summed E-state index contributed by atoms with van der Waals surface area (Å²) in [6, 6.07) is 6.42. The molecule has 0 spiro atoms. The minimum atomic E-state index is -0.0370. The normalized spacial score (nSPS) is 28.1. The van der Waals surface area contributed by atoms with Gasteiger partial charge in [-0.05, 0) is 45.0 Å². The molecule has 0 aliphatic carbocycles. The van der Waals surface area contributed by atoms with Crippen LogP contribution in [0.15, 0.2) is 18.2 Å². The Kier molecular flexibility index (Phi) is 3.04. The molecular formula is C15H22N2O. The van der Waals surface area contributed by atoms with Gasteiger partial charge in [0.1, 0.15) is 11.4 Å². The SMILES string of the molecule is CN1CCCC(C)(Oc2cccc3c2CNC3)C1. The second kappa shape index (κ2) is 4.56. The highest BCUT2D eigenvalue weighted by Gasteiger charge is 2.32. The largest absolute Gasteiger partial charge is 0.486 e. The molecule has 3 nitrogen and oxygen atoms in total. The van der Waals surface area contributed by atoms with Crippen molar-refractivity contribution in [1.82, 2.24) is 10.2 Å². The molecule has 0 aromatic heterocycles. The van der Waals surface area contributed by atoms with Crippen LogP contribution >= 0.6 is 0 Å². The number of fused-ring (bicyclic) bond motifs is 1. The lowest BCUT2D eigenvalue weighted by atomic mass is 9.95. The number of likely N-dealkylation sites (N-methyl/N-ethyl adjacent to an activating group) is 1. The number of hydrogen-bond acceptors (Lipinski definition) is 3. The van der Waals surface area contributed by atoms with E-state index in [0.29, 0.717) is 0 Å². The fraction of sp³-hybridized carbons (Fsp3) is 0.600. The number of likely N-dealkylation sites (tertiary alicyclic amines) is 1. The number of rotatable bonds is 2. The van der Waals surface area contributed by atoms with Gasteiger partial charge in [0.05, 0.1) is 0 Å². The summed E-state index contributed by atoms with van der Waals surface area (Å²) in [5, 5.41) is 3.40. The van der Waals surface area contributed by atoms with Gasteiger partial charge in [-0.1, -0.05) is 12.1 Å². The molecule has 1 aromatic rings. The predicted octanol–water partition coefficient (Wildman–Crippen LogP) is 2.15. The molecule has 1 unspecified atom stereocenters. The van der Waals surface area contributed by atoms with E-state index in [0.717, 1.165) is 31.8 Å². The Bertz CT molecular complexity index is 446. The number of benzene rings is 1. The zero-order chi connectivity index (χ0) is 12.6. The van der Waals surface area contributed by atoms with Crippen molar-refractivity contribution in [2.45, 2.75) is 38.5 Å². The third-order valence-electron chi connectivity index (χ3n) is 4.05. The van der Waals surface area contributed by atoms with Crippen molar-refractivity contribution in [3.8, 4) is 5.75 Å². The summed E-state index contributed by atoms with van der Waals surface area (Å²) in [6.45, 7) is 6.36. The Morgan fingerprint density at radius 3 is 3.06 bits per heavy atom. The third kappa shape index (κ3) is 2.25. The molecule has 3 heteroatoms. The van der Waals surface area contributed by atoms with Crippen LogP contribution in [0.1, 0.15) is 30.9 Å². The van der Waals surface area contributed by atoms with E-state index in [1.807, 2.05) is 0 Å². The van der Waals surface area contributed by atoms with Crippen molar-refractivity contribution in [3.05, 3.63) is 29.3 Å². The van der Waals surface area contributed by atoms with E-state index in [9.17, 15) is 0 Å². The van der Waals surface area contributed by atoms with Crippen molar-refractivity contribution in [1.29, 1.82) is 0 Å². The summed E-state index contributed by atoms with van der Waals surface area (Å²) in [7, 11) is 2.18. The molecule has 3 rings (SSSR count). The van der Waals surface area contributed by atoms with Crippen LogP contribution in [0.3, 0.4) is 0 Å². The molecule has 2 aliphatic rings. The average Bonchev–Trinajstić information content (AvgIpc) is 2.77. The van der Waals surface area contributed by atoms with E-state index >= 15 is 0 Å². The van der Waals surface area contributed by atoms with Crippen molar-refractivity contribution < 1.29 is 4.74 Å². The first-order chi connectivity index (χ1) is 8.66. The zero-order valence-electron chi connectivity index (χ0n) is 11.3. The molecule has 0 saturated carbocycles. The minimum Gasteiger partial charge on any atom is -0.486 e. The minimum absolute atomic E-state index is 0.0370. The van der Waals surface area contributed by atoms with Crippen molar-refractivity contribution in [2.24, 2.45) is 0 Å². The lowest BCUT2D eigenvalue weighted by molar-refractivity contribution is 0.0149. The van der Waals surface area contributed by atoms with Gasteiger partial charge in [-0.2, -0.15) is 0 Å². The lowest BCUT2D eigenvalue weighted by Crippen LogP contribution is -2.48. The van der Waals surface area contributed by atoms with Gasteiger partial charge in [-0.3, -0.25) is 0 Å². The van der Waals surface area contributed by atoms with E-state index in [2.05, 4.69) is 42.4 Å². The second-order valence-electron chi connectivity index (χ2n) is 5.89. The van der Waals surface area contributed by atoms with E-state index in [1.165, 1.54) is 24.1 Å². The highest BCUT2D eigenvalue weighted by molar-refractivity contribution is 5.42. The van der Waals surface area contributed by atoms with Crippen LogP contribution in [-0.2, 0) is 13.1 Å². The van der Waals surface area contributed by atoms with Crippen LogP contribution in [0.25, 0.3) is 0 Å². The van der Waals surface area contributed by atoms with Gasteiger partial charge in [0, 0.05) is 25.2 Å². The Balaban J connectivity index is 1.82. The maximum atomic E-state index is 6.37. The summed E-state index contributed by atoms with van der Waals surface area (Å²) < 4.78 is 6.37. The third-order valence-corrected chi connectivity index (χ3v) is 4.05.